The molecule has 14 nitrogen and oxygen atoms in total. The number of halogens is 1. The number of hydrogen-bond acceptors (Lipinski definition) is 10. The Kier molecular flexibility index (Phi) is 18.9. The van der Waals surface area contributed by atoms with E-state index in [1.807, 2.05) is 58.9 Å². The zero-order valence-corrected chi connectivity index (χ0v) is 36.8. The number of nitrogens with one attached hydrogen (secondary N) is 2. The molecule has 3 aromatic carbocycles. The molecule has 0 radical (unpaired) electrons. The Balaban J connectivity index is 0.000000397. The normalized spacial score (nSPS) is 11.3. The molecule has 4 rings (SSSR count). The van der Waals surface area contributed by atoms with Gasteiger partial charge in [0.05, 0.1) is 19.2 Å². The number of carbonyl (C=O) groups excluding carboxylic acids is 4. The van der Waals surface area contributed by atoms with Crippen molar-refractivity contribution in [2.75, 3.05) is 35.7 Å². The van der Waals surface area contributed by atoms with Crippen molar-refractivity contribution in [1.82, 2.24) is 9.88 Å². The summed E-state index contributed by atoms with van der Waals surface area (Å²) in [6.07, 6.45) is -1.04. The van der Waals surface area contributed by atoms with E-state index in [0.717, 1.165) is 17.3 Å². The number of carbonyl (C=O) groups is 5. The number of aromatic nitrogens is 1. The molecule has 0 bridgehead atoms. The van der Waals surface area contributed by atoms with Crippen molar-refractivity contribution in [2.24, 2.45) is 0 Å². The zero-order chi connectivity index (χ0) is 45.4. The predicted molar refractivity (Wildman–Crippen MR) is 232 cm³/mol. The summed E-state index contributed by atoms with van der Waals surface area (Å²) in [5.41, 5.74) is 2.96. The molecule has 0 aliphatic rings. The Morgan fingerprint density at radius 3 is 2.03 bits per heavy atom. The second-order valence-electron chi connectivity index (χ2n) is 15.6. The summed E-state index contributed by atoms with van der Waals surface area (Å²) in [5.74, 6) is -1.55. The van der Waals surface area contributed by atoms with Crippen molar-refractivity contribution >= 4 is 58.6 Å². The van der Waals surface area contributed by atoms with Gasteiger partial charge in [0.1, 0.15) is 17.0 Å². The van der Waals surface area contributed by atoms with Crippen LogP contribution in [0.4, 0.5) is 36.0 Å². The quantitative estimate of drug-likeness (QED) is 0.0914. The SMILES string of the molecule is CC.CCNc1ccc2c(N(C(=O)OC(C)(C)C)C(=O)OC(C)(C)C)ncc(F)c2c1.Cc1ccccc1C(C)COC(=O)Nc1ccc(CC(=O)O)c(CN(C)C=O)c1. The Bertz CT molecular complexity index is 2070. The molecule has 3 N–H and O–H groups in total. The average Bonchev–Trinajstić information content (AvgIpc) is 3.16. The summed E-state index contributed by atoms with van der Waals surface area (Å²) < 4.78 is 30.5. The highest BCUT2D eigenvalue weighted by Crippen LogP contribution is 2.31. The Morgan fingerprint density at radius 2 is 1.48 bits per heavy atom. The third kappa shape index (κ3) is 15.8. The number of aryl methyl sites for hydroxylation is 1. The summed E-state index contributed by atoms with van der Waals surface area (Å²) in [4.78, 5) is 66.0. The number of pyridine rings is 1. The lowest BCUT2D eigenvalue weighted by Gasteiger charge is -2.28. The van der Waals surface area contributed by atoms with Crippen LogP contribution in [-0.4, -0.2) is 77.1 Å². The standard InChI is InChI=1S/C22H26N2O5.C21H28FN3O4.C2H6/c1-15-6-4-5-7-20(15)16(2)13-29-22(28)23-19-9-8-17(11-21(26)27)18(10-19)12-24(3)14-25;1-8-23-13-9-10-14-15(11-13)16(22)12-24-17(14)25(18(26)28-20(2,3)4)19(27)29-21(5,6)7;1-2/h4-10,14,16H,11-13H2,1-3H3,(H,23,28)(H,26,27);9-12,23H,8H2,1-7H3;1-2H3. The molecule has 326 valence electrons. The summed E-state index contributed by atoms with van der Waals surface area (Å²) >= 11 is 0. The molecule has 1 unspecified atom stereocenters. The Labute approximate surface area is 352 Å². The van der Waals surface area contributed by atoms with Gasteiger partial charge < -0.3 is 29.5 Å². The van der Waals surface area contributed by atoms with Gasteiger partial charge in [-0.25, -0.2) is 23.8 Å². The van der Waals surface area contributed by atoms with Gasteiger partial charge in [0.15, 0.2) is 5.82 Å². The van der Waals surface area contributed by atoms with E-state index in [0.29, 0.717) is 40.4 Å². The highest BCUT2D eigenvalue weighted by Gasteiger charge is 2.35. The molecule has 0 aliphatic carbocycles. The second-order valence-corrected chi connectivity index (χ2v) is 15.6. The molecule has 0 aliphatic heterocycles. The minimum absolute atomic E-state index is 0.0525. The van der Waals surface area contributed by atoms with Crippen LogP contribution in [0.3, 0.4) is 0 Å². The van der Waals surface area contributed by atoms with Gasteiger partial charge in [-0.15, -0.1) is 0 Å². The molecule has 15 heteroatoms. The highest BCUT2D eigenvalue weighted by atomic mass is 19.1. The van der Waals surface area contributed by atoms with Gasteiger partial charge in [0.25, 0.3) is 0 Å². The number of rotatable bonds is 12. The van der Waals surface area contributed by atoms with Gasteiger partial charge in [0.2, 0.25) is 6.41 Å². The van der Waals surface area contributed by atoms with E-state index < -0.39 is 41.3 Å². The van der Waals surface area contributed by atoms with E-state index in [4.69, 9.17) is 19.3 Å². The lowest BCUT2D eigenvalue weighted by Crippen LogP contribution is -2.44. The lowest BCUT2D eigenvalue weighted by molar-refractivity contribution is -0.136. The summed E-state index contributed by atoms with van der Waals surface area (Å²) in [6, 6.07) is 17.8. The molecule has 60 heavy (non-hydrogen) atoms. The van der Waals surface area contributed by atoms with Crippen molar-refractivity contribution in [3.63, 3.8) is 0 Å². The molecule has 1 heterocycles. The van der Waals surface area contributed by atoms with Crippen LogP contribution in [0, 0.1) is 12.7 Å². The van der Waals surface area contributed by atoms with Gasteiger partial charge in [0, 0.05) is 48.2 Å². The molecule has 4 aromatic rings. The van der Waals surface area contributed by atoms with E-state index in [2.05, 4.69) is 15.6 Å². The van der Waals surface area contributed by atoms with Crippen LogP contribution in [0.1, 0.15) is 97.4 Å². The monoisotopic (exact) mass is 833 g/mol. The number of fused-ring (bicyclic) bond motifs is 1. The minimum Gasteiger partial charge on any atom is -0.481 e. The molecule has 1 aromatic heterocycles. The van der Waals surface area contributed by atoms with Gasteiger partial charge in [-0.1, -0.05) is 51.1 Å². The Hall–Kier alpha value is -6.25. The second kappa shape index (κ2) is 22.8. The minimum atomic E-state index is -0.967. The Morgan fingerprint density at radius 1 is 0.883 bits per heavy atom. The van der Waals surface area contributed by atoms with Crippen LogP contribution >= 0.6 is 0 Å². The number of imide groups is 1. The van der Waals surface area contributed by atoms with Crippen LogP contribution in [0.15, 0.2) is 66.9 Å². The number of aliphatic carboxylic acids is 1. The third-order valence-electron chi connectivity index (χ3n) is 8.14. The number of anilines is 3. The van der Waals surface area contributed by atoms with Crippen LogP contribution in [0.25, 0.3) is 10.8 Å². The number of carboxylic acids is 1. The fraction of sp³-hybridized carbons (Fsp3) is 0.422. The van der Waals surface area contributed by atoms with Gasteiger partial charge in [-0.2, -0.15) is 4.90 Å². The lowest BCUT2D eigenvalue weighted by atomic mass is 9.97. The maximum atomic E-state index is 14.5. The van der Waals surface area contributed by atoms with Gasteiger partial charge in [-0.3, -0.25) is 14.9 Å². The topological polar surface area (TPSA) is 177 Å². The number of amides is 4. The maximum absolute atomic E-state index is 14.5. The van der Waals surface area contributed by atoms with Crippen molar-refractivity contribution < 1.29 is 47.7 Å². The fourth-order valence-electron chi connectivity index (χ4n) is 5.62. The van der Waals surface area contributed by atoms with Crippen molar-refractivity contribution in [3.05, 3.63) is 94.9 Å². The third-order valence-corrected chi connectivity index (χ3v) is 8.14. The number of ether oxygens (including phenoxy) is 3. The number of carboxylic acid groups (broad SMARTS) is 1. The molecule has 0 fully saturated rings. The first-order valence-electron chi connectivity index (χ1n) is 19.7. The van der Waals surface area contributed by atoms with Crippen LogP contribution in [-0.2, 0) is 36.8 Å². The molecule has 0 saturated heterocycles. The molecule has 1 atom stereocenters. The number of nitrogens with zero attached hydrogens (tertiary/aromatic N) is 3. The van der Waals surface area contributed by atoms with Crippen molar-refractivity contribution in [2.45, 2.75) is 106 Å². The summed E-state index contributed by atoms with van der Waals surface area (Å²) in [6.45, 7) is 21.1. The predicted octanol–water partition coefficient (Wildman–Crippen LogP) is 10.1. The first-order valence-corrected chi connectivity index (χ1v) is 19.7. The van der Waals surface area contributed by atoms with Crippen LogP contribution in [0.5, 0.6) is 0 Å². The molecule has 0 spiro atoms. The van der Waals surface area contributed by atoms with E-state index in [1.165, 1.54) is 4.90 Å². The number of hydrogen-bond donors (Lipinski definition) is 3. The fourth-order valence-corrected chi connectivity index (χ4v) is 5.62. The van der Waals surface area contributed by atoms with E-state index in [-0.39, 0.29) is 42.1 Å². The van der Waals surface area contributed by atoms with Crippen molar-refractivity contribution in [3.8, 4) is 0 Å². The van der Waals surface area contributed by atoms with E-state index in [9.17, 15) is 28.4 Å². The summed E-state index contributed by atoms with van der Waals surface area (Å²) in [7, 11) is 1.60. The molecule has 4 amide bonds. The average molecular weight is 834 g/mol. The van der Waals surface area contributed by atoms with Gasteiger partial charge >= 0.3 is 24.2 Å². The molecule has 0 saturated carbocycles. The molecular weight excluding hydrogens is 774 g/mol. The first-order chi connectivity index (χ1) is 28.1. The largest absolute Gasteiger partial charge is 0.481 e. The number of benzene rings is 3. The van der Waals surface area contributed by atoms with Crippen LogP contribution in [0.2, 0.25) is 0 Å². The van der Waals surface area contributed by atoms with Crippen LogP contribution < -0.4 is 15.5 Å². The van der Waals surface area contributed by atoms with E-state index in [1.54, 1.807) is 85.0 Å². The molecular formula is C45H60FN5O9. The maximum Gasteiger partial charge on any atom is 0.425 e. The first kappa shape index (κ1) is 49.9. The smallest absolute Gasteiger partial charge is 0.425 e. The van der Waals surface area contributed by atoms with E-state index >= 15 is 0 Å². The van der Waals surface area contributed by atoms with Crippen molar-refractivity contribution in [1.29, 1.82) is 0 Å². The van der Waals surface area contributed by atoms with Gasteiger partial charge in [-0.05, 0) is 108 Å². The summed E-state index contributed by atoms with van der Waals surface area (Å²) in [5, 5.41) is 15.3. The highest BCUT2D eigenvalue weighted by molar-refractivity contribution is 6.14. The zero-order valence-electron chi connectivity index (χ0n) is 36.8.